The van der Waals surface area contributed by atoms with Crippen molar-refractivity contribution in [2.24, 2.45) is 0 Å². The van der Waals surface area contributed by atoms with Gasteiger partial charge in [0.05, 0.1) is 22.5 Å². The maximum Gasteiger partial charge on any atom is 0.417 e. The van der Waals surface area contributed by atoms with Crippen molar-refractivity contribution in [3.05, 3.63) is 64.9 Å². The molecule has 0 aliphatic heterocycles. The molecular weight excluding hydrogens is 547 g/mol. The summed E-state index contributed by atoms with van der Waals surface area (Å²) in [6, 6.07) is 10.5. The van der Waals surface area contributed by atoms with E-state index in [-0.39, 0.29) is 10.8 Å². The Balaban J connectivity index is 1.38. The Morgan fingerprint density at radius 1 is 1.00 bits per heavy atom. The molecule has 0 amide bonds. The molecule has 1 aromatic carbocycles. The summed E-state index contributed by atoms with van der Waals surface area (Å²) in [6.45, 7) is 1.84. The molecule has 4 rings (SSSR count). The Morgan fingerprint density at radius 2 is 1.78 bits per heavy atom. The van der Waals surface area contributed by atoms with E-state index in [1.165, 1.54) is 24.0 Å². The van der Waals surface area contributed by atoms with E-state index in [0.717, 1.165) is 22.9 Å². The highest BCUT2D eigenvalue weighted by Crippen LogP contribution is 2.36. The van der Waals surface area contributed by atoms with Crippen LogP contribution in [0, 0.1) is 6.92 Å². The zero-order valence-electron chi connectivity index (χ0n) is 19.2. The van der Waals surface area contributed by atoms with E-state index in [0.29, 0.717) is 29.1 Å². The van der Waals surface area contributed by atoms with E-state index in [4.69, 9.17) is 23.8 Å². The van der Waals surface area contributed by atoms with Gasteiger partial charge in [-0.2, -0.15) is 23.3 Å². The highest BCUT2D eigenvalue weighted by molar-refractivity contribution is 7.98. The van der Waals surface area contributed by atoms with E-state index < -0.39 is 16.8 Å². The van der Waals surface area contributed by atoms with Gasteiger partial charge in [-0.05, 0) is 55.7 Å². The summed E-state index contributed by atoms with van der Waals surface area (Å²) in [4.78, 5) is 13.1. The third kappa shape index (κ3) is 7.21. The van der Waals surface area contributed by atoms with Crippen LogP contribution in [0.5, 0.6) is 0 Å². The number of alkyl halides is 3. The summed E-state index contributed by atoms with van der Waals surface area (Å²) in [5, 5.41) is 19.3. The Kier molecular flexibility index (Phi) is 8.00. The maximum absolute atomic E-state index is 13.1. The molecule has 0 unspecified atom stereocenters. The van der Waals surface area contributed by atoms with Crippen molar-refractivity contribution in [2.45, 2.75) is 18.1 Å². The standard InChI is InChI=1S/C22H19ClF3N9S2/c1-11-7-17(31-18-9-19(37-2)35-34-18)32-20(28-11)29-13-4-6-16(27-10-13)33-21(36)30-12-3-5-15(23)14(8-12)22(24,25)26/h3-10H,1-2H3,(H2,27,30,33,36)(H3,28,29,31,32,34,35). The first-order chi connectivity index (χ1) is 17.6. The Morgan fingerprint density at radius 3 is 2.46 bits per heavy atom. The van der Waals surface area contributed by atoms with Crippen LogP contribution in [0.25, 0.3) is 0 Å². The van der Waals surface area contributed by atoms with Gasteiger partial charge in [-0.25, -0.2) is 9.97 Å². The summed E-state index contributed by atoms with van der Waals surface area (Å²) >= 11 is 12.4. The summed E-state index contributed by atoms with van der Waals surface area (Å²) in [5.41, 5.74) is 0.526. The largest absolute Gasteiger partial charge is 0.417 e. The molecule has 0 saturated heterocycles. The number of anilines is 6. The number of hydrogen-bond donors (Lipinski definition) is 5. The van der Waals surface area contributed by atoms with Gasteiger partial charge in [0.2, 0.25) is 5.95 Å². The summed E-state index contributed by atoms with van der Waals surface area (Å²) in [6.07, 6.45) is -1.11. The average Bonchev–Trinajstić information content (AvgIpc) is 3.28. The zero-order chi connectivity index (χ0) is 26.6. The average molecular weight is 566 g/mol. The molecule has 0 saturated carbocycles. The van der Waals surface area contributed by atoms with Crippen LogP contribution in [0.3, 0.4) is 0 Å². The fourth-order valence-corrected chi connectivity index (χ4v) is 3.89. The monoisotopic (exact) mass is 565 g/mol. The van der Waals surface area contributed by atoms with Crippen molar-refractivity contribution in [1.82, 2.24) is 25.1 Å². The lowest BCUT2D eigenvalue weighted by Crippen LogP contribution is -2.20. The van der Waals surface area contributed by atoms with Gasteiger partial charge in [-0.15, -0.1) is 11.8 Å². The second-order valence-electron chi connectivity index (χ2n) is 7.50. The molecule has 37 heavy (non-hydrogen) atoms. The van der Waals surface area contributed by atoms with Crippen molar-refractivity contribution < 1.29 is 13.2 Å². The quantitative estimate of drug-likeness (QED) is 0.124. The van der Waals surface area contributed by atoms with Crippen LogP contribution in [-0.4, -0.2) is 36.5 Å². The summed E-state index contributed by atoms with van der Waals surface area (Å²) in [5.74, 6) is 2.01. The van der Waals surface area contributed by atoms with Crippen molar-refractivity contribution in [2.75, 3.05) is 27.5 Å². The molecule has 0 aliphatic rings. The van der Waals surface area contributed by atoms with Gasteiger partial charge >= 0.3 is 6.18 Å². The second kappa shape index (κ2) is 11.2. The van der Waals surface area contributed by atoms with E-state index in [2.05, 4.69) is 46.4 Å². The lowest BCUT2D eigenvalue weighted by Gasteiger charge is -2.14. The Bertz CT molecular complexity index is 1410. The van der Waals surface area contributed by atoms with Crippen LogP contribution in [0.15, 0.2) is 53.7 Å². The molecule has 15 heteroatoms. The normalized spacial score (nSPS) is 11.2. The fraction of sp³-hybridized carbons (Fsp3) is 0.136. The van der Waals surface area contributed by atoms with Crippen LogP contribution in [0.4, 0.5) is 47.9 Å². The summed E-state index contributed by atoms with van der Waals surface area (Å²) < 4.78 is 39.2. The maximum atomic E-state index is 13.1. The molecule has 0 bridgehead atoms. The van der Waals surface area contributed by atoms with Gasteiger partial charge in [0.15, 0.2) is 5.11 Å². The molecule has 5 N–H and O–H groups in total. The van der Waals surface area contributed by atoms with Gasteiger partial charge in [0.1, 0.15) is 22.5 Å². The molecule has 4 aromatic rings. The van der Waals surface area contributed by atoms with Crippen molar-refractivity contribution in [1.29, 1.82) is 0 Å². The molecule has 0 atom stereocenters. The third-order valence-electron chi connectivity index (χ3n) is 4.67. The van der Waals surface area contributed by atoms with Gasteiger partial charge in [-0.1, -0.05) is 11.6 Å². The lowest BCUT2D eigenvalue weighted by atomic mass is 10.2. The fourth-order valence-electron chi connectivity index (χ4n) is 3.07. The molecule has 0 aliphatic carbocycles. The predicted molar refractivity (Wildman–Crippen MR) is 144 cm³/mol. The first-order valence-electron chi connectivity index (χ1n) is 10.5. The third-order valence-corrected chi connectivity index (χ3v) is 5.83. The first-order valence-corrected chi connectivity index (χ1v) is 12.5. The number of thioether (sulfide) groups is 1. The van der Waals surface area contributed by atoms with Crippen molar-refractivity contribution in [3.63, 3.8) is 0 Å². The van der Waals surface area contributed by atoms with E-state index >= 15 is 0 Å². The molecular formula is C22H19ClF3N9S2. The number of benzene rings is 1. The minimum atomic E-state index is -4.58. The van der Waals surface area contributed by atoms with Crippen LogP contribution >= 0.6 is 35.6 Å². The topological polar surface area (TPSA) is 115 Å². The minimum absolute atomic E-state index is 0.0600. The summed E-state index contributed by atoms with van der Waals surface area (Å²) in [7, 11) is 0. The SMILES string of the molecule is CSc1cc(Nc2cc(C)nc(Nc3ccc(NC(=S)Nc4ccc(Cl)c(C(F)(F)F)c4)nc3)n2)[nH]n1. The number of halogens is 4. The van der Waals surface area contributed by atoms with Crippen LogP contribution in [-0.2, 0) is 6.18 Å². The molecule has 0 fully saturated rings. The Hall–Kier alpha value is -3.62. The van der Waals surface area contributed by atoms with Crippen LogP contribution in [0.2, 0.25) is 5.02 Å². The predicted octanol–water partition coefficient (Wildman–Crippen LogP) is 6.59. The van der Waals surface area contributed by atoms with Crippen LogP contribution < -0.4 is 21.3 Å². The number of pyridine rings is 1. The highest BCUT2D eigenvalue weighted by Gasteiger charge is 2.33. The van der Waals surface area contributed by atoms with Crippen LogP contribution in [0.1, 0.15) is 11.3 Å². The number of rotatable bonds is 7. The molecule has 0 spiro atoms. The highest BCUT2D eigenvalue weighted by atomic mass is 35.5. The number of aryl methyl sites for hydroxylation is 1. The number of thiocarbonyl (C=S) groups is 1. The molecule has 0 radical (unpaired) electrons. The van der Waals surface area contributed by atoms with Gasteiger partial charge in [0, 0.05) is 23.5 Å². The number of hydrogen-bond acceptors (Lipinski definition) is 8. The smallest absolute Gasteiger partial charge is 0.332 e. The molecule has 192 valence electrons. The second-order valence-corrected chi connectivity index (χ2v) is 9.14. The number of aromatic amines is 1. The number of H-pyrrole nitrogens is 1. The molecule has 9 nitrogen and oxygen atoms in total. The van der Waals surface area contributed by atoms with Crippen molar-refractivity contribution in [3.8, 4) is 0 Å². The van der Waals surface area contributed by atoms with E-state index in [1.807, 2.05) is 19.2 Å². The molecule has 3 heterocycles. The van der Waals surface area contributed by atoms with E-state index in [1.54, 1.807) is 18.2 Å². The minimum Gasteiger partial charge on any atom is -0.332 e. The number of nitrogens with one attached hydrogen (secondary N) is 5. The lowest BCUT2D eigenvalue weighted by molar-refractivity contribution is -0.137. The molecule has 3 aromatic heterocycles. The first kappa shape index (κ1) is 26.4. The van der Waals surface area contributed by atoms with Crippen molar-refractivity contribution >= 4 is 75.5 Å². The number of aromatic nitrogens is 5. The zero-order valence-corrected chi connectivity index (χ0v) is 21.6. The van der Waals surface area contributed by atoms with Gasteiger partial charge in [0.25, 0.3) is 0 Å². The van der Waals surface area contributed by atoms with Gasteiger partial charge < -0.3 is 21.3 Å². The van der Waals surface area contributed by atoms with Gasteiger partial charge in [-0.3, -0.25) is 5.10 Å². The van der Waals surface area contributed by atoms with E-state index in [9.17, 15) is 13.2 Å². The number of nitrogens with zero attached hydrogens (tertiary/aromatic N) is 4. The Labute approximate surface area is 224 Å².